The van der Waals surface area contributed by atoms with Crippen molar-refractivity contribution in [2.45, 2.75) is 13.2 Å². The predicted molar refractivity (Wildman–Crippen MR) is 150 cm³/mol. The summed E-state index contributed by atoms with van der Waals surface area (Å²) in [6, 6.07) is 12.9. The van der Waals surface area contributed by atoms with Crippen LogP contribution in [0.5, 0.6) is 0 Å². The van der Waals surface area contributed by atoms with Crippen LogP contribution in [0.25, 0.3) is 16.9 Å². The van der Waals surface area contributed by atoms with E-state index in [2.05, 4.69) is 37.5 Å². The number of H-pyrrole nitrogens is 1. The third kappa shape index (κ3) is 7.10. The molecule has 1 atom stereocenters. The van der Waals surface area contributed by atoms with Crippen molar-refractivity contribution in [2.24, 2.45) is 0 Å². The standard InChI is InChI=1S/C26H24BrFN5O7P/c1-16-39-21(23(40-16)18-5-7-20(28)8-6-18)13-38-41(35,37-12-17-3-2-4-19(27)11-17)15-36-10-9-33-14-30-22-24(33)31-26(29)32-25(22)34/h2-8,11,14H,1,9-10,12-13,15H2,(H3,29,31,32,34). The Hall–Kier alpha value is -3.81. The van der Waals surface area contributed by atoms with Gasteiger partial charge in [-0.25, -0.2) is 9.37 Å². The Labute approximate surface area is 241 Å². The number of nitrogens with two attached hydrogens (primary N) is 1. The van der Waals surface area contributed by atoms with Gasteiger partial charge in [-0.1, -0.05) is 28.1 Å². The third-order valence-corrected chi connectivity index (χ3v) is 7.78. The summed E-state index contributed by atoms with van der Waals surface area (Å²) in [5.74, 6) is -0.0269. The summed E-state index contributed by atoms with van der Waals surface area (Å²) in [6.45, 7) is 3.63. The lowest BCUT2D eigenvalue weighted by molar-refractivity contribution is 0.115. The maximum atomic E-state index is 13.8. The maximum Gasteiger partial charge on any atom is 0.356 e. The number of hydrogen-bond donors (Lipinski definition) is 2. The molecule has 214 valence electrons. The zero-order valence-corrected chi connectivity index (χ0v) is 23.9. The molecule has 2 aromatic heterocycles. The van der Waals surface area contributed by atoms with Gasteiger partial charge in [-0.3, -0.25) is 18.9 Å². The van der Waals surface area contributed by atoms with Crippen molar-refractivity contribution >= 4 is 46.4 Å². The first kappa shape index (κ1) is 28.7. The van der Waals surface area contributed by atoms with Crippen molar-refractivity contribution in [3.8, 4) is 0 Å². The van der Waals surface area contributed by atoms with Crippen molar-refractivity contribution in [3.63, 3.8) is 0 Å². The summed E-state index contributed by atoms with van der Waals surface area (Å²) in [7, 11) is -3.88. The minimum absolute atomic E-state index is 0.00953. The summed E-state index contributed by atoms with van der Waals surface area (Å²) in [5.41, 5.74) is 6.89. The number of hydrogen-bond acceptors (Lipinski definition) is 10. The van der Waals surface area contributed by atoms with Gasteiger partial charge in [-0.2, -0.15) is 4.98 Å². The van der Waals surface area contributed by atoms with E-state index in [-0.39, 0.29) is 55.3 Å². The molecule has 1 aliphatic heterocycles. The van der Waals surface area contributed by atoms with Gasteiger partial charge in [0.05, 0.1) is 19.5 Å². The average molecular weight is 648 g/mol. The van der Waals surface area contributed by atoms with Crippen LogP contribution in [-0.4, -0.2) is 39.1 Å². The summed E-state index contributed by atoms with van der Waals surface area (Å²) >= 11 is 3.40. The van der Waals surface area contributed by atoms with Gasteiger partial charge in [0.25, 0.3) is 11.5 Å². The summed E-state index contributed by atoms with van der Waals surface area (Å²) < 4.78 is 57.9. The van der Waals surface area contributed by atoms with E-state index in [0.717, 1.165) is 10.0 Å². The van der Waals surface area contributed by atoms with Crippen LogP contribution in [0.2, 0.25) is 0 Å². The number of imidazole rings is 1. The minimum atomic E-state index is -3.88. The minimum Gasteiger partial charge on any atom is -0.424 e. The van der Waals surface area contributed by atoms with Crippen LogP contribution in [0, 0.1) is 5.82 Å². The molecule has 0 aliphatic carbocycles. The molecule has 5 rings (SSSR count). The zero-order valence-electron chi connectivity index (χ0n) is 21.4. The summed E-state index contributed by atoms with van der Waals surface area (Å²) in [6.07, 6.45) is 1.04. The number of fused-ring (bicyclic) bond motifs is 1. The summed E-state index contributed by atoms with van der Waals surface area (Å²) in [4.78, 5) is 22.6. The molecular formula is C26H24BrFN5O7P. The first-order chi connectivity index (χ1) is 19.7. The number of aromatic nitrogens is 4. The fraction of sp³-hybridized carbons (Fsp3) is 0.192. The molecule has 0 amide bonds. The molecule has 4 aromatic rings. The molecule has 41 heavy (non-hydrogen) atoms. The number of nitrogens with one attached hydrogen (secondary N) is 1. The molecule has 0 saturated carbocycles. The van der Waals surface area contributed by atoms with Crippen LogP contribution in [0.15, 0.2) is 82.4 Å². The molecule has 1 unspecified atom stereocenters. The second-order valence-electron chi connectivity index (χ2n) is 8.72. The molecule has 1 aliphatic rings. The van der Waals surface area contributed by atoms with E-state index >= 15 is 0 Å². The highest BCUT2D eigenvalue weighted by molar-refractivity contribution is 9.10. The molecule has 0 fully saturated rings. The Morgan fingerprint density at radius 2 is 1.93 bits per heavy atom. The van der Waals surface area contributed by atoms with E-state index in [1.807, 2.05) is 24.3 Å². The molecule has 3 heterocycles. The predicted octanol–water partition coefficient (Wildman–Crippen LogP) is 4.89. The lowest BCUT2D eigenvalue weighted by Gasteiger charge is -2.19. The van der Waals surface area contributed by atoms with Crippen molar-refractivity contribution < 1.29 is 32.2 Å². The van der Waals surface area contributed by atoms with Gasteiger partial charge in [-0.05, 0) is 48.5 Å². The Morgan fingerprint density at radius 3 is 2.71 bits per heavy atom. The number of anilines is 1. The number of rotatable bonds is 12. The van der Waals surface area contributed by atoms with Gasteiger partial charge in [-0.15, -0.1) is 0 Å². The smallest absolute Gasteiger partial charge is 0.356 e. The van der Waals surface area contributed by atoms with E-state index in [9.17, 15) is 13.8 Å². The van der Waals surface area contributed by atoms with Crippen LogP contribution in [-0.2, 0) is 41.0 Å². The fourth-order valence-electron chi connectivity index (χ4n) is 3.83. The molecule has 0 saturated heterocycles. The molecule has 0 radical (unpaired) electrons. The molecule has 15 heteroatoms. The van der Waals surface area contributed by atoms with Crippen LogP contribution < -0.4 is 11.3 Å². The largest absolute Gasteiger partial charge is 0.424 e. The van der Waals surface area contributed by atoms with Crippen LogP contribution in [0.4, 0.5) is 10.3 Å². The Bertz CT molecular complexity index is 1720. The number of ether oxygens (including phenoxy) is 3. The van der Waals surface area contributed by atoms with Crippen molar-refractivity contribution in [1.82, 2.24) is 19.5 Å². The van der Waals surface area contributed by atoms with Gasteiger partial charge in [0.15, 0.2) is 22.7 Å². The highest BCUT2D eigenvalue weighted by Gasteiger charge is 2.30. The molecule has 0 bridgehead atoms. The van der Waals surface area contributed by atoms with Gasteiger partial charge in [0.1, 0.15) is 18.8 Å². The normalized spacial score (nSPS) is 14.7. The second kappa shape index (κ2) is 12.4. The Morgan fingerprint density at radius 1 is 1.15 bits per heavy atom. The first-order valence-electron chi connectivity index (χ1n) is 12.1. The van der Waals surface area contributed by atoms with Gasteiger partial charge in [0, 0.05) is 16.6 Å². The topological polar surface area (TPSA) is 153 Å². The van der Waals surface area contributed by atoms with Crippen LogP contribution >= 0.6 is 23.5 Å². The monoisotopic (exact) mass is 647 g/mol. The van der Waals surface area contributed by atoms with Crippen LogP contribution in [0.1, 0.15) is 11.1 Å². The molecule has 2 aromatic carbocycles. The first-order valence-corrected chi connectivity index (χ1v) is 14.7. The second-order valence-corrected chi connectivity index (χ2v) is 11.6. The lowest BCUT2D eigenvalue weighted by Crippen LogP contribution is -2.13. The zero-order chi connectivity index (χ0) is 29.0. The average Bonchev–Trinajstić information content (AvgIpc) is 3.52. The number of benzene rings is 2. The lowest BCUT2D eigenvalue weighted by atomic mass is 10.1. The Kier molecular flexibility index (Phi) is 8.66. The summed E-state index contributed by atoms with van der Waals surface area (Å²) in [5, 5.41) is 0. The van der Waals surface area contributed by atoms with E-state index in [1.54, 1.807) is 4.57 Å². The van der Waals surface area contributed by atoms with Crippen molar-refractivity contribution in [2.75, 3.05) is 25.3 Å². The Balaban J connectivity index is 1.28. The number of halogens is 2. The van der Waals surface area contributed by atoms with Gasteiger partial charge < -0.3 is 29.0 Å². The van der Waals surface area contributed by atoms with Gasteiger partial charge >= 0.3 is 7.60 Å². The highest BCUT2D eigenvalue weighted by Crippen LogP contribution is 2.50. The van der Waals surface area contributed by atoms with E-state index in [0.29, 0.717) is 11.2 Å². The number of nitrogen functional groups attached to an aromatic ring is 1. The molecule has 3 N–H and O–H groups in total. The van der Waals surface area contributed by atoms with E-state index in [4.69, 9.17) is 29.0 Å². The molecule has 12 nitrogen and oxygen atoms in total. The SMILES string of the molecule is C=C1OC(COP(=O)(COCCn2cnc3c(=O)[nH]c(N)nc32)OCc2cccc(Br)c2)=C(c2ccc(F)cc2)O1. The molecular weight excluding hydrogens is 624 g/mol. The van der Waals surface area contributed by atoms with Crippen molar-refractivity contribution in [3.05, 3.63) is 105 Å². The van der Waals surface area contributed by atoms with E-state index in [1.165, 1.54) is 30.6 Å². The number of aromatic amines is 1. The van der Waals surface area contributed by atoms with E-state index < -0.39 is 25.3 Å². The highest BCUT2D eigenvalue weighted by atomic mass is 79.9. The quantitative estimate of drug-likeness (QED) is 0.160. The number of nitrogens with zero attached hydrogens (tertiary/aromatic N) is 3. The fourth-order valence-corrected chi connectivity index (χ4v) is 5.52. The van der Waals surface area contributed by atoms with Crippen molar-refractivity contribution in [1.29, 1.82) is 0 Å². The van der Waals surface area contributed by atoms with Crippen LogP contribution in [0.3, 0.4) is 0 Å². The maximum absolute atomic E-state index is 13.8. The molecule has 0 spiro atoms. The van der Waals surface area contributed by atoms with Gasteiger partial charge in [0.2, 0.25) is 5.95 Å². The third-order valence-electron chi connectivity index (χ3n) is 5.74.